The standard InChI is InChI=1S/C19H15FN2O2.ClH/c20-14-5-3-12(4-6-14)19-15-2-1-7-22(15)16-9-18-17(23-11-24-18)8-13(16)10-21-19;/h1-9,19,21H,10-11H2;1H. The maximum Gasteiger partial charge on any atom is 0.231 e. The predicted octanol–water partition coefficient (Wildman–Crippen LogP) is 3.96. The molecule has 25 heavy (non-hydrogen) atoms. The van der Waals surface area contributed by atoms with Gasteiger partial charge in [-0.15, -0.1) is 12.4 Å². The Bertz CT molecular complexity index is 924. The number of nitrogens with zero attached hydrogens (tertiary/aromatic N) is 1. The number of aromatic nitrogens is 1. The third kappa shape index (κ3) is 2.56. The maximum atomic E-state index is 13.3. The van der Waals surface area contributed by atoms with Gasteiger partial charge in [-0.1, -0.05) is 12.1 Å². The number of fused-ring (bicyclic) bond motifs is 4. The van der Waals surface area contributed by atoms with Crippen molar-refractivity contribution in [1.82, 2.24) is 9.88 Å². The van der Waals surface area contributed by atoms with E-state index in [2.05, 4.69) is 16.0 Å². The normalized spacial score (nSPS) is 17.2. The van der Waals surface area contributed by atoms with Crippen molar-refractivity contribution in [2.24, 2.45) is 0 Å². The van der Waals surface area contributed by atoms with Crippen molar-refractivity contribution in [1.29, 1.82) is 0 Å². The Balaban J connectivity index is 0.00000157. The summed E-state index contributed by atoms with van der Waals surface area (Å²) in [5, 5.41) is 3.57. The molecule has 2 aromatic carbocycles. The van der Waals surface area contributed by atoms with Crippen molar-refractivity contribution in [2.45, 2.75) is 12.6 Å². The molecule has 128 valence electrons. The third-order valence-electron chi connectivity index (χ3n) is 4.61. The fourth-order valence-electron chi connectivity index (χ4n) is 3.45. The van der Waals surface area contributed by atoms with Gasteiger partial charge in [-0.2, -0.15) is 0 Å². The number of benzene rings is 2. The predicted molar refractivity (Wildman–Crippen MR) is 94.2 cm³/mol. The first kappa shape index (κ1) is 16.0. The van der Waals surface area contributed by atoms with Crippen LogP contribution in [0.2, 0.25) is 0 Å². The van der Waals surface area contributed by atoms with Crippen LogP contribution in [0.1, 0.15) is 22.9 Å². The van der Waals surface area contributed by atoms with Gasteiger partial charge >= 0.3 is 0 Å². The van der Waals surface area contributed by atoms with Gasteiger partial charge in [-0.25, -0.2) is 4.39 Å². The Hall–Kier alpha value is -2.50. The highest BCUT2D eigenvalue weighted by Gasteiger charge is 2.25. The maximum absolute atomic E-state index is 13.3. The monoisotopic (exact) mass is 358 g/mol. The number of ether oxygens (including phenoxy) is 2. The van der Waals surface area contributed by atoms with Crippen LogP contribution in [0, 0.1) is 5.82 Å². The van der Waals surface area contributed by atoms with Crippen LogP contribution in [-0.4, -0.2) is 11.4 Å². The van der Waals surface area contributed by atoms with Crippen LogP contribution in [0.4, 0.5) is 4.39 Å². The first-order valence-corrected chi connectivity index (χ1v) is 7.88. The number of hydrogen-bond donors (Lipinski definition) is 1. The molecule has 1 unspecified atom stereocenters. The zero-order chi connectivity index (χ0) is 16.1. The first-order valence-electron chi connectivity index (χ1n) is 7.88. The van der Waals surface area contributed by atoms with Crippen molar-refractivity contribution in [3.63, 3.8) is 0 Å². The highest BCUT2D eigenvalue weighted by atomic mass is 35.5. The summed E-state index contributed by atoms with van der Waals surface area (Å²) in [7, 11) is 0. The molecule has 4 nitrogen and oxygen atoms in total. The molecule has 0 bridgehead atoms. The Morgan fingerprint density at radius 2 is 1.80 bits per heavy atom. The van der Waals surface area contributed by atoms with E-state index in [1.807, 2.05) is 36.5 Å². The van der Waals surface area contributed by atoms with Crippen LogP contribution in [0.5, 0.6) is 11.5 Å². The molecule has 3 heterocycles. The van der Waals surface area contributed by atoms with Crippen molar-refractivity contribution >= 4 is 12.4 Å². The summed E-state index contributed by atoms with van der Waals surface area (Å²) in [6, 6.07) is 14.8. The Morgan fingerprint density at radius 1 is 1.04 bits per heavy atom. The van der Waals surface area contributed by atoms with Crippen molar-refractivity contribution in [2.75, 3.05) is 6.79 Å². The van der Waals surface area contributed by atoms with E-state index in [0.717, 1.165) is 34.0 Å². The lowest BCUT2D eigenvalue weighted by Crippen LogP contribution is -2.21. The summed E-state index contributed by atoms with van der Waals surface area (Å²) >= 11 is 0. The van der Waals surface area contributed by atoms with E-state index < -0.39 is 0 Å². The molecule has 2 aliphatic rings. The molecule has 1 atom stereocenters. The average Bonchev–Trinajstić information content (AvgIpc) is 3.22. The highest BCUT2D eigenvalue weighted by Crippen LogP contribution is 2.39. The van der Waals surface area contributed by atoms with E-state index in [0.29, 0.717) is 6.54 Å². The molecule has 0 amide bonds. The minimum atomic E-state index is -0.225. The van der Waals surface area contributed by atoms with E-state index in [-0.39, 0.29) is 31.1 Å². The number of halogens is 2. The third-order valence-corrected chi connectivity index (χ3v) is 4.61. The number of hydrogen-bond acceptors (Lipinski definition) is 3. The van der Waals surface area contributed by atoms with Crippen LogP contribution < -0.4 is 14.8 Å². The number of rotatable bonds is 1. The molecule has 6 heteroatoms. The molecule has 1 N–H and O–H groups in total. The molecular formula is C19H16ClFN2O2. The van der Waals surface area contributed by atoms with Gasteiger partial charge in [-0.3, -0.25) is 0 Å². The van der Waals surface area contributed by atoms with Gasteiger partial charge in [0.2, 0.25) is 6.79 Å². The summed E-state index contributed by atoms with van der Waals surface area (Å²) in [6.07, 6.45) is 2.04. The lowest BCUT2D eigenvalue weighted by Gasteiger charge is -2.18. The van der Waals surface area contributed by atoms with Gasteiger partial charge in [0.05, 0.1) is 11.7 Å². The molecule has 0 saturated carbocycles. The van der Waals surface area contributed by atoms with Gasteiger partial charge in [0.1, 0.15) is 5.82 Å². The lowest BCUT2D eigenvalue weighted by molar-refractivity contribution is 0.174. The molecule has 1 aromatic heterocycles. The fourth-order valence-corrected chi connectivity index (χ4v) is 3.45. The molecule has 0 aliphatic carbocycles. The second kappa shape index (κ2) is 6.10. The summed E-state index contributed by atoms with van der Waals surface area (Å²) in [5.74, 6) is 1.33. The van der Waals surface area contributed by atoms with Crippen molar-refractivity contribution in [3.8, 4) is 17.2 Å². The molecule has 2 aliphatic heterocycles. The Kier molecular flexibility index (Phi) is 3.90. The van der Waals surface area contributed by atoms with Crippen molar-refractivity contribution in [3.05, 3.63) is 77.4 Å². The molecule has 0 saturated heterocycles. The van der Waals surface area contributed by atoms with Crippen LogP contribution >= 0.6 is 12.4 Å². The molecule has 0 fully saturated rings. The quantitative estimate of drug-likeness (QED) is 0.715. The molecule has 3 aromatic rings. The van der Waals surface area contributed by atoms with E-state index in [1.165, 1.54) is 12.1 Å². The van der Waals surface area contributed by atoms with E-state index >= 15 is 0 Å². The van der Waals surface area contributed by atoms with Gasteiger partial charge in [0.25, 0.3) is 0 Å². The molecule has 0 radical (unpaired) electrons. The highest BCUT2D eigenvalue weighted by molar-refractivity contribution is 5.85. The largest absolute Gasteiger partial charge is 0.454 e. The summed E-state index contributed by atoms with van der Waals surface area (Å²) < 4.78 is 26.4. The van der Waals surface area contributed by atoms with Crippen LogP contribution in [0.15, 0.2) is 54.7 Å². The van der Waals surface area contributed by atoms with Crippen LogP contribution in [0.3, 0.4) is 0 Å². The summed E-state index contributed by atoms with van der Waals surface area (Å²) in [5.41, 5.74) is 4.36. The van der Waals surface area contributed by atoms with Gasteiger partial charge in [0.15, 0.2) is 11.5 Å². The van der Waals surface area contributed by atoms with Crippen LogP contribution in [0.25, 0.3) is 5.69 Å². The summed E-state index contributed by atoms with van der Waals surface area (Å²) in [6.45, 7) is 0.956. The van der Waals surface area contributed by atoms with Gasteiger partial charge in [0, 0.05) is 24.5 Å². The zero-order valence-corrected chi connectivity index (χ0v) is 14.1. The lowest BCUT2D eigenvalue weighted by atomic mass is 10.0. The fraction of sp³-hybridized carbons (Fsp3) is 0.158. The Labute approximate surface area is 150 Å². The zero-order valence-electron chi connectivity index (χ0n) is 13.2. The molecule has 0 spiro atoms. The Morgan fingerprint density at radius 3 is 2.60 bits per heavy atom. The smallest absolute Gasteiger partial charge is 0.231 e. The topological polar surface area (TPSA) is 35.4 Å². The van der Waals surface area contributed by atoms with Gasteiger partial charge < -0.3 is 19.4 Å². The van der Waals surface area contributed by atoms with E-state index in [1.54, 1.807) is 0 Å². The first-order chi connectivity index (χ1) is 11.8. The minimum absolute atomic E-state index is 0. The molecule has 5 rings (SSSR count). The van der Waals surface area contributed by atoms with Gasteiger partial charge in [-0.05, 0) is 41.5 Å². The molecular weight excluding hydrogens is 343 g/mol. The van der Waals surface area contributed by atoms with E-state index in [4.69, 9.17) is 9.47 Å². The second-order valence-corrected chi connectivity index (χ2v) is 6.00. The van der Waals surface area contributed by atoms with Crippen LogP contribution in [-0.2, 0) is 6.54 Å². The average molecular weight is 359 g/mol. The summed E-state index contributed by atoms with van der Waals surface area (Å²) in [4.78, 5) is 0. The number of nitrogens with one attached hydrogen (secondary N) is 1. The second-order valence-electron chi connectivity index (χ2n) is 6.00. The SMILES string of the molecule is Cl.Fc1ccc(C2NCc3cc4c(cc3-n3cccc32)OCO4)cc1. The van der Waals surface area contributed by atoms with Crippen molar-refractivity contribution < 1.29 is 13.9 Å². The van der Waals surface area contributed by atoms with E-state index in [9.17, 15) is 4.39 Å². The minimum Gasteiger partial charge on any atom is -0.454 e.